The molecule has 1 amide bonds. The Morgan fingerprint density at radius 2 is 2.42 bits per heavy atom. The molecule has 0 aliphatic carbocycles. The average molecular weight is 364 g/mol. The van der Waals surface area contributed by atoms with Crippen LogP contribution in [0.3, 0.4) is 0 Å². The minimum Gasteiger partial charge on any atom is -0.465 e. The molecule has 1 saturated heterocycles. The molecule has 0 bridgehead atoms. The number of nitriles is 1. The van der Waals surface area contributed by atoms with Gasteiger partial charge in [-0.1, -0.05) is 0 Å². The predicted octanol–water partition coefficient (Wildman–Crippen LogP) is 2.77. The highest BCUT2D eigenvalue weighted by Gasteiger charge is 2.29. The lowest BCUT2D eigenvalue weighted by molar-refractivity contribution is 0.209. The number of carbonyl (C=O) groups is 1. The number of anilines is 1. The first-order valence-electron chi connectivity index (χ1n) is 6.52. The van der Waals surface area contributed by atoms with Crippen LogP contribution in [-0.2, 0) is 0 Å². The summed E-state index contributed by atoms with van der Waals surface area (Å²) in [5.74, 6) is -0.0601. The molecule has 0 aromatic carbocycles. The lowest BCUT2D eigenvalue weighted by atomic mass is 10.2. The molecule has 1 fully saturated rings. The molecule has 1 aliphatic heterocycles. The van der Waals surface area contributed by atoms with E-state index >= 15 is 0 Å². The summed E-state index contributed by atoms with van der Waals surface area (Å²) in [6, 6.07) is 3.16. The maximum atomic E-state index is 14.2. The van der Waals surface area contributed by atoms with Crippen LogP contribution in [0.15, 0.2) is 29.2 Å². The fourth-order valence-corrected chi connectivity index (χ4v) is 4.83. The molecule has 8 nitrogen and oxygen atoms in total. The third-order valence-electron chi connectivity index (χ3n) is 2.99. The van der Waals surface area contributed by atoms with Gasteiger partial charge in [0.05, 0.1) is 27.1 Å². The Morgan fingerprint density at radius 3 is 3.04 bits per heavy atom. The number of thioether (sulfide) groups is 2. The Morgan fingerprint density at radius 1 is 1.58 bits per heavy atom. The number of carboxylic acid groups (broad SMARTS) is 1. The zero-order valence-electron chi connectivity index (χ0n) is 11.9. The number of nitrogens with one attached hydrogen (secondary N) is 1. The molecule has 2 N–H and O–H groups in total. The minimum atomic E-state index is -1.29. The molecule has 2 aromatic heterocycles. The van der Waals surface area contributed by atoms with Gasteiger partial charge in [-0.3, -0.25) is 10.3 Å². The van der Waals surface area contributed by atoms with Gasteiger partial charge in [-0.2, -0.15) is 10.4 Å². The maximum absolute atomic E-state index is 14.2. The number of aromatic nitrogens is 4. The lowest BCUT2D eigenvalue weighted by Gasteiger charge is -2.09. The molecule has 3 rings (SSSR count). The van der Waals surface area contributed by atoms with Gasteiger partial charge < -0.3 is 5.11 Å². The molecule has 24 heavy (non-hydrogen) atoms. The normalized spacial score (nSPS) is 18.9. The van der Waals surface area contributed by atoms with Crippen molar-refractivity contribution in [3.63, 3.8) is 0 Å². The van der Waals surface area contributed by atoms with Crippen molar-refractivity contribution in [3.8, 4) is 6.07 Å². The molecule has 122 valence electrons. The van der Waals surface area contributed by atoms with Crippen LogP contribution < -0.4 is 5.32 Å². The highest BCUT2D eigenvalue weighted by molar-refractivity contribution is 8.25. The van der Waals surface area contributed by atoms with E-state index < -0.39 is 11.9 Å². The number of halogens is 1. The van der Waals surface area contributed by atoms with Crippen LogP contribution in [0.2, 0.25) is 0 Å². The number of hydrogen-bond donors (Lipinski definition) is 2. The van der Waals surface area contributed by atoms with Crippen LogP contribution in [0.5, 0.6) is 0 Å². The summed E-state index contributed by atoms with van der Waals surface area (Å²) in [5.41, 5.74) is 0.611. The topological polar surface area (TPSA) is 117 Å². The van der Waals surface area contributed by atoms with Crippen LogP contribution >= 0.6 is 23.5 Å². The van der Waals surface area contributed by atoms with Gasteiger partial charge in [-0.15, -0.1) is 23.5 Å². The first-order valence-corrected chi connectivity index (χ1v) is 8.39. The second kappa shape index (κ2) is 6.90. The molecule has 1 unspecified atom stereocenters. The largest absolute Gasteiger partial charge is 0.465 e. The number of allylic oxidation sites excluding steroid dienone is 1. The fourth-order valence-electron chi connectivity index (χ4n) is 2.00. The molecule has 1 atom stereocenters. The van der Waals surface area contributed by atoms with E-state index in [1.54, 1.807) is 0 Å². The van der Waals surface area contributed by atoms with Crippen LogP contribution in [0.4, 0.5) is 14.9 Å². The molecule has 0 saturated carbocycles. The molecule has 11 heteroatoms. The molecule has 1 aliphatic rings. The third kappa shape index (κ3) is 3.34. The van der Waals surface area contributed by atoms with E-state index in [-0.39, 0.29) is 16.6 Å². The summed E-state index contributed by atoms with van der Waals surface area (Å²) >= 11 is 2.74. The smallest absolute Gasteiger partial charge is 0.409 e. The first-order chi connectivity index (χ1) is 11.6. The van der Waals surface area contributed by atoms with Crippen molar-refractivity contribution in [2.75, 3.05) is 11.1 Å². The van der Waals surface area contributed by atoms with Crippen LogP contribution in [0, 0.1) is 17.1 Å². The quantitative estimate of drug-likeness (QED) is 0.799. The fraction of sp³-hybridized carbons (Fsp3) is 0.154. The van der Waals surface area contributed by atoms with Crippen molar-refractivity contribution in [1.82, 2.24) is 19.7 Å². The van der Waals surface area contributed by atoms with Crippen LogP contribution in [-0.4, -0.2) is 36.7 Å². The Hall–Kier alpha value is -2.58. The van der Waals surface area contributed by atoms with Crippen molar-refractivity contribution >= 4 is 41.0 Å². The van der Waals surface area contributed by atoms with Gasteiger partial charge in [0.2, 0.25) is 0 Å². The van der Waals surface area contributed by atoms with Crippen molar-refractivity contribution < 1.29 is 14.3 Å². The predicted molar refractivity (Wildman–Crippen MR) is 87.5 cm³/mol. The van der Waals surface area contributed by atoms with Gasteiger partial charge in [0.15, 0.2) is 5.70 Å². The second-order valence-electron chi connectivity index (χ2n) is 4.53. The maximum Gasteiger partial charge on any atom is 0.409 e. The summed E-state index contributed by atoms with van der Waals surface area (Å²) in [4.78, 5) is 18.4. The molecule has 0 spiro atoms. The standard InChI is InChI=1S/C13H9FN6O2S2/c14-8-1-7(19-13(21)22)3-17-11(8)10-4-23-12(24-10)9(2-15)20-6-16-5-18-20/h1,3,5-6,10,19H,4H2,(H,21,22). The van der Waals surface area contributed by atoms with Crippen molar-refractivity contribution in [2.24, 2.45) is 0 Å². The third-order valence-corrected chi connectivity index (χ3v) is 5.88. The number of hydrogen-bond acceptors (Lipinski definition) is 7. The zero-order valence-corrected chi connectivity index (χ0v) is 13.5. The summed E-state index contributed by atoms with van der Waals surface area (Å²) in [7, 11) is 0. The molecule has 0 radical (unpaired) electrons. The highest BCUT2D eigenvalue weighted by atomic mass is 32.2. The molecule has 2 aromatic rings. The van der Waals surface area contributed by atoms with Gasteiger partial charge in [-0.05, 0) is 0 Å². The lowest BCUT2D eigenvalue weighted by Crippen LogP contribution is -2.09. The number of rotatable bonds is 3. The Kier molecular flexibility index (Phi) is 4.68. The first kappa shape index (κ1) is 16.3. The van der Waals surface area contributed by atoms with E-state index in [2.05, 4.69) is 21.1 Å². The molecule has 3 heterocycles. The number of nitrogens with zero attached hydrogens (tertiary/aromatic N) is 5. The highest BCUT2D eigenvalue weighted by Crippen LogP contribution is 2.51. The van der Waals surface area contributed by atoms with Gasteiger partial charge in [0.25, 0.3) is 0 Å². The van der Waals surface area contributed by atoms with Crippen molar-refractivity contribution in [2.45, 2.75) is 5.25 Å². The van der Waals surface area contributed by atoms with E-state index in [1.165, 1.54) is 47.1 Å². The summed E-state index contributed by atoms with van der Waals surface area (Å²) in [6.07, 6.45) is 2.73. The van der Waals surface area contributed by atoms with E-state index in [0.717, 1.165) is 6.07 Å². The Labute approximate surface area is 143 Å². The minimum absolute atomic E-state index is 0.0653. The van der Waals surface area contributed by atoms with E-state index in [4.69, 9.17) is 5.11 Å². The van der Waals surface area contributed by atoms with Gasteiger partial charge in [0.1, 0.15) is 24.5 Å². The summed E-state index contributed by atoms with van der Waals surface area (Å²) in [5, 5.41) is 23.6. The van der Waals surface area contributed by atoms with Gasteiger partial charge in [-0.25, -0.2) is 18.9 Å². The number of pyridine rings is 1. The molecular weight excluding hydrogens is 355 g/mol. The van der Waals surface area contributed by atoms with E-state index in [1.807, 2.05) is 5.32 Å². The van der Waals surface area contributed by atoms with Crippen molar-refractivity contribution in [3.05, 3.63) is 40.7 Å². The van der Waals surface area contributed by atoms with Crippen LogP contribution in [0.1, 0.15) is 10.9 Å². The summed E-state index contributed by atoms with van der Waals surface area (Å²) < 4.78 is 16.3. The second-order valence-corrected chi connectivity index (χ2v) is 7.03. The summed E-state index contributed by atoms with van der Waals surface area (Å²) in [6.45, 7) is 0. The van der Waals surface area contributed by atoms with Crippen LogP contribution in [0.25, 0.3) is 5.70 Å². The number of amides is 1. The Balaban J connectivity index is 1.83. The van der Waals surface area contributed by atoms with E-state index in [9.17, 15) is 14.4 Å². The van der Waals surface area contributed by atoms with Gasteiger partial charge >= 0.3 is 6.09 Å². The average Bonchev–Trinajstić information content (AvgIpc) is 3.20. The monoisotopic (exact) mass is 364 g/mol. The Bertz CT molecular complexity index is 849. The van der Waals surface area contributed by atoms with Gasteiger partial charge in [0, 0.05) is 11.8 Å². The van der Waals surface area contributed by atoms with E-state index in [0.29, 0.717) is 15.7 Å². The van der Waals surface area contributed by atoms with Crippen molar-refractivity contribution in [1.29, 1.82) is 5.26 Å². The zero-order chi connectivity index (χ0) is 17.1. The molecular formula is C13H9FN6O2S2. The SMILES string of the molecule is N#CC(=C1SCC(c2ncc(NC(=O)O)cc2F)S1)n1cncn1.